The Hall–Kier alpha value is -3.13. The number of hydrogen-bond acceptors (Lipinski definition) is 2. The zero-order chi connectivity index (χ0) is 19.8. The van der Waals surface area contributed by atoms with E-state index in [1.165, 1.54) is 5.56 Å². The van der Waals surface area contributed by atoms with Crippen molar-refractivity contribution in [2.45, 2.75) is 13.8 Å². The van der Waals surface area contributed by atoms with Gasteiger partial charge in [0.05, 0.1) is 6.61 Å². The third-order valence-corrected chi connectivity index (χ3v) is 3.10. The third kappa shape index (κ3) is 9.89. The minimum Gasteiger partial charge on any atom is -0.463 e. The van der Waals surface area contributed by atoms with E-state index in [1.54, 1.807) is 13.8 Å². The van der Waals surface area contributed by atoms with Crippen LogP contribution in [0.4, 0.5) is 0 Å². The van der Waals surface area contributed by atoms with Crippen molar-refractivity contribution >= 4 is 24.2 Å². The molecule has 2 nitrogen and oxygen atoms in total. The second-order valence-corrected chi connectivity index (χ2v) is 5.15. The number of rotatable bonds is 5. The molecule has 0 aliphatic rings. The molecule has 0 heterocycles. The first kappa shape index (κ1) is 22.9. The summed E-state index contributed by atoms with van der Waals surface area (Å²) >= 11 is 0. The van der Waals surface area contributed by atoms with Gasteiger partial charge in [-0.25, -0.2) is 4.79 Å². The molecule has 0 spiro atoms. The maximum Gasteiger partial charge on any atom is 0.333 e. The van der Waals surface area contributed by atoms with Crippen LogP contribution in [0.2, 0.25) is 0 Å². The van der Waals surface area contributed by atoms with Gasteiger partial charge < -0.3 is 4.74 Å². The molecule has 0 aromatic heterocycles. The molecule has 26 heavy (non-hydrogen) atoms. The van der Waals surface area contributed by atoms with Crippen LogP contribution in [0.5, 0.6) is 0 Å². The van der Waals surface area contributed by atoms with Crippen LogP contribution in [0.15, 0.2) is 86.5 Å². The maximum atomic E-state index is 10.4. The van der Waals surface area contributed by atoms with Crippen LogP contribution in [-0.2, 0) is 9.53 Å². The summed E-state index contributed by atoms with van der Waals surface area (Å²) in [6.07, 6.45) is 5.49. The monoisotopic (exact) mass is 348 g/mol. The molecular formula is C24H28O2. The van der Waals surface area contributed by atoms with Gasteiger partial charge in [-0.05, 0) is 30.5 Å². The van der Waals surface area contributed by atoms with Crippen LogP contribution < -0.4 is 0 Å². The average Bonchev–Trinajstić information content (AvgIpc) is 2.69. The molecule has 2 aromatic rings. The van der Waals surface area contributed by atoms with E-state index < -0.39 is 0 Å². The molecule has 2 heteroatoms. The highest BCUT2D eigenvalue weighted by atomic mass is 16.5. The third-order valence-electron chi connectivity index (χ3n) is 3.10. The molecule has 2 aromatic carbocycles. The van der Waals surface area contributed by atoms with Crippen molar-refractivity contribution in [1.29, 1.82) is 0 Å². The lowest BCUT2D eigenvalue weighted by Crippen LogP contribution is -2.03. The summed E-state index contributed by atoms with van der Waals surface area (Å²) in [6, 6.07) is 18.0. The smallest absolute Gasteiger partial charge is 0.333 e. The van der Waals surface area contributed by atoms with Crippen LogP contribution in [0.1, 0.15) is 30.5 Å². The normalized spacial score (nSPS) is 8.54. The Balaban J connectivity index is 0.000000365. The first-order valence-electron chi connectivity index (χ1n) is 8.34. The number of esters is 1. The zero-order valence-electron chi connectivity index (χ0n) is 15.8. The molecule has 0 radical (unpaired) electrons. The van der Waals surface area contributed by atoms with E-state index in [4.69, 9.17) is 0 Å². The van der Waals surface area contributed by atoms with Crippen molar-refractivity contribution in [1.82, 2.24) is 0 Å². The SMILES string of the molecule is C=C(C)C(=O)OCC.C=Cc1ccccc1.C=Cc1ccccc1C=C. The molecule has 2 rings (SSSR count). The van der Waals surface area contributed by atoms with E-state index in [9.17, 15) is 4.79 Å². The molecule has 0 unspecified atom stereocenters. The van der Waals surface area contributed by atoms with Gasteiger partial charge in [-0.2, -0.15) is 0 Å². The van der Waals surface area contributed by atoms with Crippen molar-refractivity contribution in [3.05, 3.63) is 103 Å². The largest absolute Gasteiger partial charge is 0.463 e. The van der Waals surface area contributed by atoms with E-state index >= 15 is 0 Å². The van der Waals surface area contributed by atoms with Gasteiger partial charge in [0, 0.05) is 5.57 Å². The molecular weight excluding hydrogens is 320 g/mol. The van der Waals surface area contributed by atoms with E-state index in [2.05, 4.69) is 31.1 Å². The van der Waals surface area contributed by atoms with Gasteiger partial charge in [-0.3, -0.25) is 0 Å². The van der Waals surface area contributed by atoms with Crippen molar-refractivity contribution in [3.63, 3.8) is 0 Å². The number of carbonyl (C=O) groups is 1. The van der Waals surface area contributed by atoms with Gasteiger partial charge in [-0.15, -0.1) is 0 Å². The fourth-order valence-corrected chi connectivity index (χ4v) is 1.73. The number of ether oxygens (including phenoxy) is 1. The molecule has 0 aliphatic carbocycles. The minimum atomic E-state index is -0.312. The summed E-state index contributed by atoms with van der Waals surface area (Å²) in [5, 5.41) is 0. The second-order valence-electron chi connectivity index (χ2n) is 5.15. The minimum absolute atomic E-state index is 0.312. The number of carbonyl (C=O) groups excluding carboxylic acids is 1. The molecule has 0 N–H and O–H groups in total. The first-order chi connectivity index (χ1) is 12.5. The molecule has 0 atom stereocenters. The lowest BCUT2D eigenvalue weighted by atomic mass is 10.1. The summed E-state index contributed by atoms with van der Waals surface area (Å²) in [4.78, 5) is 10.4. The molecule has 0 fully saturated rings. The average molecular weight is 348 g/mol. The van der Waals surface area contributed by atoms with E-state index in [0.29, 0.717) is 12.2 Å². The van der Waals surface area contributed by atoms with Gasteiger partial charge in [0.15, 0.2) is 0 Å². The highest BCUT2D eigenvalue weighted by Gasteiger charge is 1.98. The Labute approximate surface area is 157 Å². The molecule has 136 valence electrons. The summed E-state index contributed by atoms with van der Waals surface area (Å²) in [5.74, 6) is -0.312. The van der Waals surface area contributed by atoms with Gasteiger partial charge in [0.2, 0.25) is 0 Å². The molecule has 0 bridgehead atoms. The highest BCUT2D eigenvalue weighted by molar-refractivity contribution is 5.86. The van der Waals surface area contributed by atoms with Crippen LogP contribution in [-0.4, -0.2) is 12.6 Å². The zero-order valence-corrected chi connectivity index (χ0v) is 15.8. The predicted molar refractivity (Wildman–Crippen MR) is 115 cm³/mol. The number of hydrogen-bond donors (Lipinski definition) is 0. The van der Waals surface area contributed by atoms with Gasteiger partial charge in [0.25, 0.3) is 0 Å². The molecule has 0 amide bonds. The first-order valence-corrected chi connectivity index (χ1v) is 8.34. The van der Waals surface area contributed by atoms with Crippen molar-refractivity contribution in [3.8, 4) is 0 Å². The van der Waals surface area contributed by atoms with Crippen LogP contribution in [0.25, 0.3) is 18.2 Å². The second kappa shape index (κ2) is 14.2. The van der Waals surface area contributed by atoms with Crippen molar-refractivity contribution in [2.24, 2.45) is 0 Å². The Morgan fingerprint density at radius 2 is 1.35 bits per heavy atom. The quantitative estimate of drug-likeness (QED) is 0.460. The van der Waals surface area contributed by atoms with Gasteiger partial charge >= 0.3 is 5.97 Å². The van der Waals surface area contributed by atoms with E-state index in [0.717, 1.165) is 11.1 Å². The Morgan fingerprint density at radius 1 is 0.885 bits per heavy atom. The highest BCUT2D eigenvalue weighted by Crippen LogP contribution is 2.10. The summed E-state index contributed by atoms with van der Waals surface area (Å²) in [5.41, 5.74) is 3.90. The van der Waals surface area contributed by atoms with Gasteiger partial charge in [0.1, 0.15) is 0 Å². The topological polar surface area (TPSA) is 26.3 Å². The van der Waals surface area contributed by atoms with Crippen LogP contribution in [0.3, 0.4) is 0 Å². The lowest BCUT2D eigenvalue weighted by Gasteiger charge is -1.96. The Kier molecular flexibility index (Phi) is 12.5. The van der Waals surface area contributed by atoms with Crippen LogP contribution in [0, 0.1) is 0 Å². The summed E-state index contributed by atoms with van der Waals surface area (Å²) in [6.45, 7) is 18.2. The predicted octanol–water partition coefficient (Wildman–Crippen LogP) is 6.43. The van der Waals surface area contributed by atoms with Crippen molar-refractivity contribution < 1.29 is 9.53 Å². The fourth-order valence-electron chi connectivity index (χ4n) is 1.73. The summed E-state index contributed by atoms with van der Waals surface area (Å²) in [7, 11) is 0. The molecule has 0 aliphatic heterocycles. The van der Waals surface area contributed by atoms with Gasteiger partial charge in [-0.1, -0.05) is 99.1 Å². The fraction of sp³-hybridized carbons (Fsp3) is 0.125. The maximum absolute atomic E-state index is 10.4. The van der Waals surface area contributed by atoms with E-state index in [1.807, 2.05) is 72.8 Å². The van der Waals surface area contributed by atoms with Crippen molar-refractivity contribution in [2.75, 3.05) is 6.61 Å². The lowest BCUT2D eigenvalue weighted by molar-refractivity contribution is -0.138. The van der Waals surface area contributed by atoms with Crippen LogP contribution >= 0.6 is 0 Å². The molecule has 0 saturated heterocycles. The summed E-state index contributed by atoms with van der Waals surface area (Å²) < 4.78 is 4.56. The Morgan fingerprint density at radius 3 is 1.62 bits per heavy atom. The standard InChI is InChI=1S/C10H10.C8H8.C6H10O2/c1-3-9-7-5-6-8-10(9)4-2;1-2-8-6-4-3-5-7-8;1-4-8-6(7)5(2)3/h3-8H,1-2H2;2-7H,1H2;2,4H2,1,3H3. The molecule has 0 saturated carbocycles. The Bertz CT molecular complexity index is 685. The number of benzene rings is 2. The van der Waals surface area contributed by atoms with E-state index in [-0.39, 0.29) is 5.97 Å².